The Kier molecular flexibility index (Phi) is 8.72. The van der Waals surface area contributed by atoms with Crippen LogP contribution in [0.3, 0.4) is 0 Å². The third kappa shape index (κ3) is 6.96. The van der Waals surface area contributed by atoms with Crippen molar-refractivity contribution in [3.05, 3.63) is 59.7 Å². The number of ether oxygens (including phenoxy) is 1. The van der Waals surface area contributed by atoms with E-state index in [0.717, 1.165) is 49.4 Å². The van der Waals surface area contributed by atoms with Gasteiger partial charge in [-0.25, -0.2) is 4.79 Å². The molecule has 1 heterocycles. The zero-order chi connectivity index (χ0) is 23.8. The predicted octanol–water partition coefficient (Wildman–Crippen LogP) is 4.03. The van der Waals surface area contributed by atoms with E-state index in [2.05, 4.69) is 40.5 Å². The van der Waals surface area contributed by atoms with Gasteiger partial charge in [-0.05, 0) is 49.2 Å². The second-order valence-corrected chi connectivity index (χ2v) is 8.85. The Bertz CT molecular complexity index is 926. The average Bonchev–Trinajstić information content (AvgIpc) is 2.82. The van der Waals surface area contributed by atoms with E-state index in [9.17, 15) is 9.59 Å². The van der Waals surface area contributed by atoms with E-state index in [-0.39, 0.29) is 18.4 Å². The minimum atomic E-state index is -0.684. The maximum absolute atomic E-state index is 13.1. The second-order valence-electron chi connectivity index (χ2n) is 8.85. The summed E-state index contributed by atoms with van der Waals surface area (Å²) in [6.45, 7) is 10.2. The average molecular weight is 453 g/mol. The minimum absolute atomic E-state index is 0.0417. The Balaban J connectivity index is 1.61. The van der Waals surface area contributed by atoms with Gasteiger partial charge in [0, 0.05) is 37.6 Å². The zero-order valence-electron chi connectivity index (χ0n) is 20.1. The lowest BCUT2D eigenvalue weighted by molar-refractivity contribution is -0.119. The topological polar surface area (TPSA) is 73.9 Å². The highest BCUT2D eigenvalue weighted by atomic mass is 16.5. The van der Waals surface area contributed by atoms with Crippen LogP contribution >= 0.6 is 0 Å². The van der Waals surface area contributed by atoms with Crippen LogP contribution in [0, 0.1) is 12.8 Å². The molecular formula is C26H36N4O3. The molecule has 1 saturated heterocycles. The monoisotopic (exact) mass is 452 g/mol. The van der Waals surface area contributed by atoms with E-state index >= 15 is 0 Å². The molecule has 1 fully saturated rings. The number of aryl methyl sites for hydroxylation is 1. The molecule has 3 rings (SSSR count). The highest BCUT2D eigenvalue weighted by Crippen LogP contribution is 2.25. The second kappa shape index (κ2) is 11.7. The van der Waals surface area contributed by atoms with Gasteiger partial charge < -0.3 is 25.2 Å². The van der Waals surface area contributed by atoms with E-state index in [4.69, 9.17) is 4.74 Å². The number of nitrogens with one attached hydrogen (secondary N) is 2. The number of likely N-dealkylation sites (N-methyl/N-ethyl adjacent to an activating group) is 1. The Morgan fingerprint density at radius 3 is 2.39 bits per heavy atom. The number of hydrogen-bond donors (Lipinski definition) is 2. The largest absolute Gasteiger partial charge is 0.445 e. The van der Waals surface area contributed by atoms with Crippen LogP contribution in [0.4, 0.5) is 16.2 Å². The van der Waals surface area contributed by atoms with Crippen LogP contribution in [0.25, 0.3) is 0 Å². The number of carbonyl (C=O) groups is 2. The van der Waals surface area contributed by atoms with Crippen LogP contribution < -0.4 is 15.5 Å². The summed E-state index contributed by atoms with van der Waals surface area (Å²) in [6, 6.07) is 14.8. The molecule has 2 aromatic carbocycles. The smallest absolute Gasteiger partial charge is 0.408 e. The summed E-state index contributed by atoms with van der Waals surface area (Å²) < 4.78 is 5.32. The summed E-state index contributed by atoms with van der Waals surface area (Å²) in [5.41, 5.74) is 3.94. The van der Waals surface area contributed by atoms with E-state index < -0.39 is 12.1 Å². The van der Waals surface area contributed by atoms with Crippen molar-refractivity contribution in [3.8, 4) is 0 Å². The standard InChI is InChI=1S/C26H36N4O3/c1-5-19(2)24(28-26(32)33-18-21-9-7-6-8-10-21)25(31)27-22-11-12-23(20(3)17-22)30-15-13-29(4)14-16-30/h6-12,17,19,24H,5,13-16,18H2,1-4H3,(H,27,31)(H,28,32)/t19-,24-/m0/s1. The number of amides is 2. The third-order valence-electron chi connectivity index (χ3n) is 6.29. The normalized spacial score (nSPS) is 16.1. The molecular weight excluding hydrogens is 416 g/mol. The summed E-state index contributed by atoms with van der Waals surface area (Å²) in [4.78, 5) is 30.1. The SMILES string of the molecule is CC[C@H](C)[C@H](NC(=O)OCc1ccccc1)C(=O)Nc1ccc(N2CCN(C)CC2)c(C)c1. The molecule has 2 amide bonds. The summed E-state index contributed by atoms with van der Waals surface area (Å²) >= 11 is 0. The zero-order valence-corrected chi connectivity index (χ0v) is 20.1. The first kappa shape index (κ1) is 24.6. The van der Waals surface area contributed by atoms with Crippen molar-refractivity contribution in [3.63, 3.8) is 0 Å². The van der Waals surface area contributed by atoms with Gasteiger partial charge in [0.1, 0.15) is 12.6 Å². The molecule has 2 atom stereocenters. The van der Waals surface area contributed by atoms with Crippen molar-refractivity contribution in [1.29, 1.82) is 0 Å². The molecule has 0 unspecified atom stereocenters. The fourth-order valence-electron chi connectivity index (χ4n) is 3.95. The molecule has 0 spiro atoms. The van der Waals surface area contributed by atoms with Crippen LogP contribution in [-0.2, 0) is 16.1 Å². The molecule has 0 radical (unpaired) electrons. The number of hydrogen-bond acceptors (Lipinski definition) is 5. The van der Waals surface area contributed by atoms with Crippen LogP contribution in [0.2, 0.25) is 0 Å². The van der Waals surface area contributed by atoms with E-state index in [0.29, 0.717) is 0 Å². The number of carbonyl (C=O) groups excluding carboxylic acids is 2. The number of alkyl carbamates (subject to hydrolysis) is 1. The molecule has 178 valence electrons. The summed E-state index contributed by atoms with van der Waals surface area (Å²) in [5, 5.41) is 5.73. The van der Waals surface area contributed by atoms with E-state index in [1.807, 2.05) is 56.3 Å². The molecule has 33 heavy (non-hydrogen) atoms. The van der Waals surface area contributed by atoms with E-state index in [1.165, 1.54) is 5.69 Å². The van der Waals surface area contributed by atoms with Crippen molar-refractivity contribution in [2.24, 2.45) is 5.92 Å². The van der Waals surface area contributed by atoms with Crippen molar-refractivity contribution >= 4 is 23.4 Å². The number of nitrogens with zero attached hydrogens (tertiary/aromatic N) is 2. The molecule has 7 nitrogen and oxygen atoms in total. The lowest BCUT2D eigenvalue weighted by atomic mass is 9.98. The summed E-state index contributed by atoms with van der Waals surface area (Å²) in [5.74, 6) is -0.284. The summed E-state index contributed by atoms with van der Waals surface area (Å²) in [7, 11) is 2.14. The summed E-state index contributed by atoms with van der Waals surface area (Å²) in [6.07, 6.45) is 0.152. The van der Waals surface area contributed by atoms with Crippen molar-refractivity contribution < 1.29 is 14.3 Å². The number of benzene rings is 2. The molecule has 2 aromatic rings. The van der Waals surface area contributed by atoms with Crippen molar-refractivity contribution in [1.82, 2.24) is 10.2 Å². The first-order valence-corrected chi connectivity index (χ1v) is 11.7. The van der Waals surface area contributed by atoms with Crippen LogP contribution in [0.5, 0.6) is 0 Å². The van der Waals surface area contributed by atoms with Crippen molar-refractivity contribution in [2.75, 3.05) is 43.4 Å². The van der Waals surface area contributed by atoms with Crippen molar-refractivity contribution in [2.45, 2.75) is 39.8 Å². The molecule has 0 aliphatic carbocycles. The van der Waals surface area contributed by atoms with Gasteiger partial charge in [-0.3, -0.25) is 4.79 Å². The lowest BCUT2D eigenvalue weighted by Crippen LogP contribution is -2.47. The van der Waals surface area contributed by atoms with Crippen LogP contribution in [0.1, 0.15) is 31.4 Å². The van der Waals surface area contributed by atoms with Gasteiger partial charge >= 0.3 is 6.09 Å². The third-order valence-corrected chi connectivity index (χ3v) is 6.29. The van der Waals surface area contributed by atoms with Gasteiger partial charge in [0.25, 0.3) is 0 Å². The Morgan fingerprint density at radius 2 is 1.76 bits per heavy atom. The molecule has 0 bridgehead atoms. The number of piperazine rings is 1. The Hall–Kier alpha value is -3.06. The first-order valence-electron chi connectivity index (χ1n) is 11.7. The lowest BCUT2D eigenvalue weighted by Gasteiger charge is -2.35. The molecule has 0 saturated carbocycles. The van der Waals surface area contributed by atoms with Gasteiger partial charge in [-0.2, -0.15) is 0 Å². The highest BCUT2D eigenvalue weighted by molar-refractivity contribution is 5.97. The van der Waals surface area contributed by atoms with E-state index in [1.54, 1.807) is 0 Å². The molecule has 0 aromatic heterocycles. The first-order chi connectivity index (χ1) is 15.9. The molecule has 7 heteroatoms. The Labute approximate surface area is 197 Å². The predicted molar refractivity (Wildman–Crippen MR) is 133 cm³/mol. The number of rotatable bonds is 8. The van der Waals surface area contributed by atoms with Crippen LogP contribution in [0.15, 0.2) is 48.5 Å². The van der Waals surface area contributed by atoms with Crippen LogP contribution in [-0.4, -0.2) is 56.2 Å². The van der Waals surface area contributed by atoms with Gasteiger partial charge in [-0.1, -0.05) is 50.6 Å². The molecule has 2 N–H and O–H groups in total. The maximum atomic E-state index is 13.1. The Morgan fingerprint density at radius 1 is 1.06 bits per heavy atom. The van der Waals surface area contributed by atoms with Gasteiger partial charge in [0.05, 0.1) is 0 Å². The van der Waals surface area contributed by atoms with Gasteiger partial charge in [-0.15, -0.1) is 0 Å². The quantitative estimate of drug-likeness (QED) is 0.633. The van der Waals surface area contributed by atoms with Gasteiger partial charge in [0.15, 0.2) is 0 Å². The molecule has 1 aliphatic rings. The van der Waals surface area contributed by atoms with Gasteiger partial charge in [0.2, 0.25) is 5.91 Å². The fourth-order valence-corrected chi connectivity index (χ4v) is 3.95. The maximum Gasteiger partial charge on any atom is 0.408 e. The molecule has 1 aliphatic heterocycles. The highest BCUT2D eigenvalue weighted by Gasteiger charge is 2.27. The fraction of sp³-hybridized carbons (Fsp3) is 0.462. The number of anilines is 2. The minimum Gasteiger partial charge on any atom is -0.445 e.